The van der Waals surface area contributed by atoms with Gasteiger partial charge >= 0.3 is 0 Å². The number of aliphatic hydroxyl groups excluding tert-OH is 1. The Morgan fingerprint density at radius 2 is 1.50 bits per heavy atom. The summed E-state index contributed by atoms with van der Waals surface area (Å²) in [6, 6.07) is 7.05. The SMILES string of the molecule is O=C1C2C(C(=O)N1c1ccc(CO)cc1)[C@@H]1C=CC2[C@H]2CC12. The summed E-state index contributed by atoms with van der Waals surface area (Å²) < 4.78 is 0. The fraction of sp³-hybridized carbons (Fsp3) is 0.444. The van der Waals surface area contributed by atoms with Crippen LogP contribution in [-0.4, -0.2) is 16.9 Å². The van der Waals surface area contributed by atoms with E-state index < -0.39 is 0 Å². The van der Waals surface area contributed by atoms with Crippen molar-refractivity contribution in [3.8, 4) is 0 Å². The molecule has 4 aliphatic carbocycles. The van der Waals surface area contributed by atoms with Crippen molar-refractivity contribution in [2.24, 2.45) is 35.5 Å². The maximum absolute atomic E-state index is 12.9. The molecule has 2 amide bonds. The lowest BCUT2D eigenvalue weighted by Gasteiger charge is -2.37. The molecule has 3 fully saturated rings. The van der Waals surface area contributed by atoms with E-state index in [0.29, 0.717) is 17.5 Å². The number of carbonyl (C=O) groups is 2. The fourth-order valence-corrected chi connectivity index (χ4v) is 4.96. The zero-order chi connectivity index (χ0) is 15.0. The van der Waals surface area contributed by atoms with Crippen LogP contribution in [0.1, 0.15) is 12.0 Å². The molecule has 1 aromatic carbocycles. The van der Waals surface area contributed by atoms with E-state index >= 15 is 0 Å². The molecular formula is C18H17NO3. The van der Waals surface area contributed by atoms with E-state index in [4.69, 9.17) is 5.11 Å². The number of amides is 2. The van der Waals surface area contributed by atoms with Gasteiger partial charge in [0.15, 0.2) is 0 Å². The highest BCUT2D eigenvalue weighted by atomic mass is 16.3. The van der Waals surface area contributed by atoms with Crippen LogP contribution in [0.5, 0.6) is 0 Å². The molecule has 1 aromatic rings. The highest BCUT2D eigenvalue weighted by Crippen LogP contribution is 2.65. The van der Waals surface area contributed by atoms with Crippen molar-refractivity contribution in [3.63, 3.8) is 0 Å². The number of hydrogen-bond donors (Lipinski definition) is 1. The molecule has 1 saturated heterocycles. The first kappa shape index (κ1) is 12.6. The van der Waals surface area contributed by atoms with E-state index in [2.05, 4.69) is 12.2 Å². The van der Waals surface area contributed by atoms with E-state index in [1.54, 1.807) is 24.3 Å². The Bertz CT molecular complexity index is 672. The van der Waals surface area contributed by atoms with Crippen molar-refractivity contribution in [1.29, 1.82) is 0 Å². The van der Waals surface area contributed by atoms with Crippen LogP contribution < -0.4 is 4.90 Å². The number of anilines is 1. The van der Waals surface area contributed by atoms with E-state index in [9.17, 15) is 9.59 Å². The quantitative estimate of drug-likeness (QED) is 0.668. The summed E-state index contributed by atoms with van der Waals surface area (Å²) in [4.78, 5) is 27.1. The van der Waals surface area contributed by atoms with Gasteiger partial charge in [0.2, 0.25) is 11.8 Å². The number of nitrogens with zero attached hydrogens (tertiary/aromatic N) is 1. The molecule has 6 atom stereocenters. The summed E-state index contributed by atoms with van der Waals surface area (Å²) >= 11 is 0. The first-order chi connectivity index (χ1) is 10.7. The van der Waals surface area contributed by atoms with Gasteiger partial charge in [0.25, 0.3) is 0 Å². The second kappa shape index (κ2) is 4.07. The number of carbonyl (C=O) groups excluding carboxylic acids is 2. The molecule has 1 aliphatic heterocycles. The highest BCUT2D eigenvalue weighted by Gasteiger charge is 2.67. The Hall–Kier alpha value is -1.94. The molecule has 1 heterocycles. The number of rotatable bonds is 2. The number of aliphatic hydroxyl groups is 1. The number of hydrogen-bond acceptors (Lipinski definition) is 3. The third-order valence-electron chi connectivity index (χ3n) is 6.04. The van der Waals surface area contributed by atoms with Crippen molar-refractivity contribution < 1.29 is 14.7 Å². The molecule has 0 aromatic heterocycles. The second-order valence-corrected chi connectivity index (χ2v) is 6.99. The second-order valence-electron chi connectivity index (χ2n) is 6.99. The molecular weight excluding hydrogens is 278 g/mol. The van der Waals surface area contributed by atoms with Crippen LogP contribution in [0.25, 0.3) is 0 Å². The molecule has 22 heavy (non-hydrogen) atoms. The van der Waals surface area contributed by atoms with Gasteiger partial charge in [0.1, 0.15) is 0 Å². The van der Waals surface area contributed by atoms with Gasteiger partial charge in [0, 0.05) is 0 Å². The van der Waals surface area contributed by atoms with Crippen LogP contribution in [0.2, 0.25) is 0 Å². The smallest absolute Gasteiger partial charge is 0.238 e. The molecule has 112 valence electrons. The normalized spacial score (nSPS) is 40.9. The third-order valence-corrected chi connectivity index (χ3v) is 6.04. The summed E-state index contributed by atoms with van der Waals surface area (Å²) in [5, 5.41) is 9.12. The first-order valence-corrected chi connectivity index (χ1v) is 7.96. The Morgan fingerprint density at radius 1 is 0.955 bits per heavy atom. The maximum Gasteiger partial charge on any atom is 0.238 e. The van der Waals surface area contributed by atoms with Crippen molar-refractivity contribution in [1.82, 2.24) is 0 Å². The number of imide groups is 1. The maximum atomic E-state index is 12.9. The van der Waals surface area contributed by atoms with Crippen LogP contribution in [0.4, 0.5) is 5.69 Å². The summed E-state index contributed by atoms with van der Waals surface area (Å²) in [5.74, 6) is 1.42. The van der Waals surface area contributed by atoms with Crippen LogP contribution in [0.3, 0.4) is 0 Å². The molecule has 4 nitrogen and oxygen atoms in total. The first-order valence-electron chi connectivity index (χ1n) is 7.96. The molecule has 4 heteroatoms. The number of benzene rings is 1. The fourth-order valence-electron chi connectivity index (χ4n) is 4.96. The van der Waals surface area contributed by atoms with Gasteiger partial charge in [-0.25, -0.2) is 0 Å². The Labute approximate surface area is 128 Å². The van der Waals surface area contributed by atoms with Gasteiger partial charge in [-0.1, -0.05) is 24.3 Å². The van der Waals surface area contributed by atoms with Crippen LogP contribution in [0.15, 0.2) is 36.4 Å². The van der Waals surface area contributed by atoms with E-state index in [1.807, 2.05) is 0 Å². The molecule has 2 bridgehead atoms. The van der Waals surface area contributed by atoms with Crippen molar-refractivity contribution in [2.45, 2.75) is 13.0 Å². The minimum Gasteiger partial charge on any atom is -0.392 e. The third kappa shape index (κ3) is 1.41. The minimum atomic E-state index is -0.149. The Balaban J connectivity index is 1.54. The van der Waals surface area contributed by atoms with Crippen molar-refractivity contribution in [2.75, 3.05) is 4.90 Å². The van der Waals surface area contributed by atoms with E-state index in [-0.39, 0.29) is 42.1 Å². The summed E-state index contributed by atoms with van der Waals surface area (Å²) in [6.45, 7) is -0.0369. The predicted molar refractivity (Wildman–Crippen MR) is 79.6 cm³/mol. The largest absolute Gasteiger partial charge is 0.392 e. The zero-order valence-electron chi connectivity index (χ0n) is 12.1. The van der Waals surface area contributed by atoms with Gasteiger partial charge in [-0.15, -0.1) is 0 Å². The lowest BCUT2D eigenvalue weighted by molar-refractivity contribution is -0.124. The average molecular weight is 295 g/mol. The Morgan fingerprint density at radius 3 is 2.00 bits per heavy atom. The summed E-state index contributed by atoms with van der Waals surface area (Å²) in [5.41, 5.74) is 1.41. The Kier molecular flexibility index (Phi) is 2.33. The molecule has 4 unspecified atom stereocenters. The highest BCUT2D eigenvalue weighted by molar-refractivity contribution is 6.22. The van der Waals surface area contributed by atoms with Gasteiger partial charge < -0.3 is 5.11 Å². The lowest BCUT2D eigenvalue weighted by atomic mass is 9.63. The monoisotopic (exact) mass is 295 g/mol. The molecule has 1 N–H and O–H groups in total. The summed E-state index contributed by atoms with van der Waals surface area (Å²) in [7, 11) is 0. The van der Waals surface area contributed by atoms with Crippen LogP contribution in [-0.2, 0) is 16.2 Å². The topological polar surface area (TPSA) is 57.6 Å². The molecule has 0 radical (unpaired) electrons. The van der Waals surface area contributed by atoms with Gasteiger partial charge in [0.05, 0.1) is 24.1 Å². The lowest BCUT2D eigenvalue weighted by Crippen LogP contribution is -2.40. The molecule has 0 spiro atoms. The average Bonchev–Trinajstić information content (AvgIpc) is 3.32. The predicted octanol–water partition coefficient (Wildman–Crippen LogP) is 1.74. The molecule has 5 aliphatic rings. The van der Waals surface area contributed by atoms with E-state index in [0.717, 1.165) is 5.56 Å². The zero-order valence-corrected chi connectivity index (χ0v) is 12.1. The van der Waals surface area contributed by atoms with Crippen molar-refractivity contribution in [3.05, 3.63) is 42.0 Å². The van der Waals surface area contributed by atoms with Crippen LogP contribution in [0, 0.1) is 35.5 Å². The van der Waals surface area contributed by atoms with Gasteiger partial charge in [-0.2, -0.15) is 0 Å². The van der Waals surface area contributed by atoms with Crippen LogP contribution >= 0.6 is 0 Å². The number of allylic oxidation sites excluding steroid dienone is 2. The van der Waals surface area contributed by atoms with E-state index in [1.165, 1.54) is 11.3 Å². The van der Waals surface area contributed by atoms with Crippen molar-refractivity contribution >= 4 is 17.5 Å². The molecule has 6 rings (SSSR count). The van der Waals surface area contributed by atoms with Gasteiger partial charge in [-0.05, 0) is 47.8 Å². The minimum absolute atomic E-state index is 0.0311. The summed E-state index contributed by atoms with van der Waals surface area (Å²) in [6.07, 6.45) is 5.55. The molecule has 2 saturated carbocycles. The van der Waals surface area contributed by atoms with Gasteiger partial charge in [-0.3, -0.25) is 14.5 Å². The standard InChI is InChI=1S/C18H17NO3/c20-8-9-1-3-10(4-2-9)19-17(21)15-11-5-6-12(14-7-13(11)14)16(15)18(19)22/h1-6,11-16,20H,7-8H2/t11-,12?,13?,14-,15?,16?/m1/s1.